The first-order valence-electron chi connectivity index (χ1n) is 6.56. The number of aromatic nitrogens is 2. The van der Waals surface area contributed by atoms with Crippen LogP contribution < -0.4 is 5.32 Å². The molecule has 1 atom stereocenters. The van der Waals surface area contributed by atoms with Crippen LogP contribution >= 0.6 is 0 Å². The van der Waals surface area contributed by atoms with Crippen molar-refractivity contribution >= 4 is 0 Å². The summed E-state index contributed by atoms with van der Waals surface area (Å²) >= 11 is 0. The first-order valence-corrected chi connectivity index (χ1v) is 6.56. The monoisotopic (exact) mass is 219 g/mol. The van der Waals surface area contributed by atoms with Crippen LogP contribution in [0.4, 0.5) is 0 Å². The lowest BCUT2D eigenvalue weighted by atomic mass is 9.78. The second-order valence-electron chi connectivity index (χ2n) is 5.31. The number of nitrogens with zero attached hydrogens (tertiary/aromatic N) is 2. The molecule has 0 spiro atoms. The van der Waals surface area contributed by atoms with Gasteiger partial charge < -0.3 is 9.88 Å². The van der Waals surface area contributed by atoms with E-state index in [1.165, 1.54) is 56.7 Å². The fourth-order valence-electron chi connectivity index (χ4n) is 3.34. The van der Waals surface area contributed by atoms with Gasteiger partial charge in [0.15, 0.2) is 0 Å². The third kappa shape index (κ3) is 1.77. The van der Waals surface area contributed by atoms with Crippen LogP contribution in [0, 0.1) is 18.8 Å². The molecule has 1 aromatic rings. The van der Waals surface area contributed by atoms with Crippen molar-refractivity contribution in [3.05, 3.63) is 17.7 Å². The van der Waals surface area contributed by atoms with E-state index in [-0.39, 0.29) is 0 Å². The Hall–Kier alpha value is -0.830. The number of rotatable bonds is 1. The molecule has 3 nitrogen and oxygen atoms in total. The van der Waals surface area contributed by atoms with E-state index in [0.717, 1.165) is 11.8 Å². The van der Waals surface area contributed by atoms with Crippen molar-refractivity contribution in [3.63, 3.8) is 0 Å². The van der Waals surface area contributed by atoms with Gasteiger partial charge >= 0.3 is 0 Å². The highest BCUT2D eigenvalue weighted by Crippen LogP contribution is 2.32. The fourth-order valence-corrected chi connectivity index (χ4v) is 3.34. The summed E-state index contributed by atoms with van der Waals surface area (Å²) in [5, 5.41) is 3.46. The average Bonchev–Trinajstić information content (AvgIpc) is 2.72. The highest BCUT2D eigenvalue weighted by molar-refractivity contribution is 5.14. The summed E-state index contributed by atoms with van der Waals surface area (Å²) < 4.78 is 2.35. The molecule has 16 heavy (non-hydrogen) atoms. The molecule has 3 heteroatoms. The SMILES string of the molecule is Cc1ncn2c1CC(C1CCNCC1)CC2. The molecule has 1 fully saturated rings. The van der Waals surface area contributed by atoms with Gasteiger partial charge in [0.25, 0.3) is 0 Å². The van der Waals surface area contributed by atoms with Crippen molar-refractivity contribution in [2.24, 2.45) is 11.8 Å². The molecule has 1 unspecified atom stereocenters. The van der Waals surface area contributed by atoms with Crippen molar-refractivity contribution in [1.29, 1.82) is 0 Å². The molecular formula is C13H21N3. The minimum absolute atomic E-state index is 0.907. The van der Waals surface area contributed by atoms with E-state index in [2.05, 4.69) is 21.8 Å². The largest absolute Gasteiger partial charge is 0.334 e. The molecule has 0 bridgehead atoms. The second-order valence-corrected chi connectivity index (χ2v) is 5.31. The molecule has 1 aromatic heterocycles. The van der Waals surface area contributed by atoms with E-state index in [1.807, 2.05) is 6.33 Å². The van der Waals surface area contributed by atoms with Crippen LogP contribution in [0.25, 0.3) is 0 Å². The second kappa shape index (κ2) is 4.21. The summed E-state index contributed by atoms with van der Waals surface area (Å²) in [5.74, 6) is 1.86. The molecule has 1 N–H and O–H groups in total. The average molecular weight is 219 g/mol. The number of imidazole rings is 1. The molecule has 0 aliphatic carbocycles. The van der Waals surface area contributed by atoms with Gasteiger partial charge in [-0.25, -0.2) is 4.98 Å². The Balaban J connectivity index is 1.73. The summed E-state index contributed by atoms with van der Waals surface area (Å²) in [6.45, 7) is 5.78. The molecule has 2 aliphatic rings. The Morgan fingerprint density at radius 2 is 2.06 bits per heavy atom. The number of hydrogen-bond acceptors (Lipinski definition) is 2. The van der Waals surface area contributed by atoms with E-state index < -0.39 is 0 Å². The van der Waals surface area contributed by atoms with Crippen LogP contribution in [0.1, 0.15) is 30.7 Å². The molecule has 88 valence electrons. The van der Waals surface area contributed by atoms with Gasteiger partial charge in [0, 0.05) is 12.2 Å². The number of aryl methyl sites for hydroxylation is 2. The maximum absolute atomic E-state index is 4.43. The lowest BCUT2D eigenvalue weighted by Crippen LogP contribution is -2.34. The molecule has 2 aliphatic heterocycles. The van der Waals surface area contributed by atoms with Gasteiger partial charge in [-0.05, 0) is 57.5 Å². The van der Waals surface area contributed by atoms with Gasteiger partial charge in [-0.2, -0.15) is 0 Å². The first-order chi connectivity index (χ1) is 7.84. The normalized spacial score (nSPS) is 26.7. The van der Waals surface area contributed by atoms with Gasteiger partial charge in [0.05, 0.1) is 12.0 Å². The van der Waals surface area contributed by atoms with E-state index in [4.69, 9.17) is 0 Å². The van der Waals surface area contributed by atoms with Crippen LogP contribution in [-0.4, -0.2) is 22.6 Å². The molecular weight excluding hydrogens is 198 g/mol. The third-order valence-electron chi connectivity index (χ3n) is 4.40. The topological polar surface area (TPSA) is 29.9 Å². The quantitative estimate of drug-likeness (QED) is 0.780. The molecule has 0 amide bonds. The van der Waals surface area contributed by atoms with Crippen molar-refractivity contribution in [2.45, 2.75) is 39.2 Å². The molecule has 0 aromatic carbocycles. The van der Waals surface area contributed by atoms with Crippen molar-refractivity contribution in [3.8, 4) is 0 Å². The van der Waals surface area contributed by atoms with Gasteiger partial charge in [0.1, 0.15) is 0 Å². The Kier molecular flexibility index (Phi) is 2.72. The van der Waals surface area contributed by atoms with Gasteiger partial charge in [-0.1, -0.05) is 0 Å². The van der Waals surface area contributed by atoms with E-state index >= 15 is 0 Å². The van der Waals surface area contributed by atoms with Crippen LogP contribution in [0.2, 0.25) is 0 Å². The zero-order chi connectivity index (χ0) is 11.0. The summed E-state index contributed by atoms with van der Waals surface area (Å²) in [6.07, 6.45) is 7.38. The predicted molar refractivity (Wildman–Crippen MR) is 64.4 cm³/mol. The number of hydrogen-bond donors (Lipinski definition) is 1. The summed E-state index contributed by atoms with van der Waals surface area (Å²) in [7, 11) is 0. The van der Waals surface area contributed by atoms with E-state index in [9.17, 15) is 0 Å². The Labute approximate surface area is 97.3 Å². The van der Waals surface area contributed by atoms with Crippen LogP contribution in [0.15, 0.2) is 6.33 Å². The fraction of sp³-hybridized carbons (Fsp3) is 0.769. The summed E-state index contributed by atoms with van der Waals surface area (Å²) in [6, 6.07) is 0. The Morgan fingerprint density at radius 1 is 1.25 bits per heavy atom. The van der Waals surface area contributed by atoms with Crippen molar-refractivity contribution < 1.29 is 0 Å². The lowest BCUT2D eigenvalue weighted by Gasteiger charge is -2.34. The van der Waals surface area contributed by atoms with Crippen molar-refractivity contribution in [2.75, 3.05) is 13.1 Å². The first kappa shape index (κ1) is 10.3. The zero-order valence-electron chi connectivity index (χ0n) is 10.1. The number of nitrogens with one attached hydrogen (secondary N) is 1. The Bertz CT molecular complexity index is 363. The Morgan fingerprint density at radius 3 is 2.88 bits per heavy atom. The summed E-state index contributed by atoms with van der Waals surface area (Å²) in [5.41, 5.74) is 2.74. The predicted octanol–water partition coefficient (Wildman–Crippen LogP) is 1.75. The van der Waals surface area contributed by atoms with Crippen LogP contribution in [0.5, 0.6) is 0 Å². The molecule has 1 saturated heterocycles. The van der Waals surface area contributed by atoms with Crippen LogP contribution in [-0.2, 0) is 13.0 Å². The zero-order valence-corrected chi connectivity index (χ0v) is 10.1. The van der Waals surface area contributed by atoms with Crippen LogP contribution in [0.3, 0.4) is 0 Å². The minimum Gasteiger partial charge on any atom is -0.334 e. The number of fused-ring (bicyclic) bond motifs is 1. The standard InChI is InChI=1S/C13H21N3/c1-10-13-8-12(4-7-16(13)9-15-10)11-2-5-14-6-3-11/h9,11-12,14H,2-8H2,1H3. The third-order valence-corrected chi connectivity index (χ3v) is 4.40. The number of piperidine rings is 1. The molecule has 3 rings (SSSR count). The smallest absolute Gasteiger partial charge is 0.0951 e. The van der Waals surface area contributed by atoms with Gasteiger partial charge in [0.2, 0.25) is 0 Å². The summed E-state index contributed by atoms with van der Waals surface area (Å²) in [4.78, 5) is 4.43. The van der Waals surface area contributed by atoms with Gasteiger partial charge in [-0.15, -0.1) is 0 Å². The van der Waals surface area contributed by atoms with Gasteiger partial charge in [-0.3, -0.25) is 0 Å². The highest BCUT2D eigenvalue weighted by atomic mass is 15.1. The minimum atomic E-state index is 0.907. The maximum atomic E-state index is 4.43. The molecule has 0 saturated carbocycles. The van der Waals surface area contributed by atoms with Crippen molar-refractivity contribution in [1.82, 2.24) is 14.9 Å². The maximum Gasteiger partial charge on any atom is 0.0951 e. The lowest BCUT2D eigenvalue weighted by molar-refractivity contribution is 0.218. The van der Waals surface area contributed by atoms with E-state index in [1.54, 1.807) is 0 Å². The highest BCUT2D eigenvalue weighted by Gasteiger charge is 2.28. The van der Waals surface area contributed by atoms with E-state index in [0.29, 0.717) is 0 Å². The molecule has 0 radical (unpaired) electrons. The molecule has 3 heterocycles.